The fourth-order valence-electron chi connectivity index (χ4n) is 2.51. The van der Waals surface area contributed by atoms with Gasteiger partial charge in [-0.3, -0.25) is 0 Å². The van der Waals surface area contributed by atoms with E-state index in [-0.39, 0.29) is 11.6 Å². The van der Waals surface area contributed by atoms with Gasteiger partial charge in [0.15, 0.2) is 0 Å². The number of rotatable bonds is 2. The number of fused-ring (bicyclic) bond motifs is 1. The van der Waals surface area contributed by atoms with Gasteiger partial charge in [-0.1, -0.05) is 42.5 Å². The molecule has 0 bridgehead atoms. The quantitative estimate of drug-likeness (QED) is 0.528. The highest BCUT2D eigenvalue weighted by Gasteiger charge is 2.18. The Labute approximate surface area is 127 Å². The summed E-state index contributed by atoms with van der Waals surface area (Å²) in [4.78, 5) is 0. The molecule has 106 valence electrons. The average Bonchev–Trinajstić information content (AvgIpc) is 2.47. The second-order valence-corrected chi connectivity index (χ2v) is 5.51. The van der Waals surface area contributed by atoms with Crippen LogP contribution in [0.3, 0.4) is 0 Å². The van der Waals surface area contributed by atoms with Crippen LogP contribution < -0.4 is 0 Å². The standard InChI is InChI=1S/C18H13ClF2/c1-11-6-7-15(17(21)10-11)18(19)14-8-9-16(20)13-5-3-2-4-12(13)14/h2-10,18H,1H3. The van der Waals surface area contributed by atoms with Crippen LogP contribution in [0.25, 0.3) is 10.8 Å². The Morgan fingerprint density at radius 3 is 2.19 bits per heavy atom. The van der Waals surface area contributed by atoms with Crippen molar-refractivity contribution >= 4 is 22.4 Å². The monoisotopic (exact) mass is 302 g/mol. The van der Waals surface area contributed by atoms with Crippen LogP contribution in [0.1, 0.15) is 22.1 Å². The predicted molar refractivity (Wildman–Crippen MR) is 82.7 cm³/mol. The summed E-state index contributed by atoms with van der Waals surface area (Å²) >= 11 is 6.46. The van der Waals surface area contributed by atoms with E-state index in [2.05, 4.69) is 0 Å². The molecule has 1 unspecified atom stereocenters. The van der Waals surface area contributed by atoms with Crippen LogP contribution >= 0.6 is 11.6 Å². The third kappa shape index (κ3) is 2.52. The summed E-state index contributed by atoms with van der Waals surface area (Å²) in [6.07, 6.45) is 0. The minimum Gasteiger partial charge on any atom is -0.207 e. The number of aryl methyl sites for hydroxylation is 1. The minimum atomic E-state index is -0.656. The normalized spacial score (nSPS) is 12.6. The summed E-state index contributed by atoms with van der Waals surface area (Å²) in [5, 5.41) is 0.543. The predicted octanol–water partition coefficient (Wildman–Crippen LogP) is 5.75. The molecule has 0 N–H and O–H groups in total. The Hall–Kier alpha value is -1.93. The van der Waals surface area contributed by atoms with Crippen molar-refractivity contribution in [3.8, 4) is 0 Å². The molecule has 1 atom stereocenters. The van der Waals surface area contributed by atoms with E-state index in [0.717, 1.165) is 5.56 Å². The van der Waals surface area contributed by atoms with Crippen molar-refractivity contribution in [2.45, 2.75) is 12.3 Å². The summed E-state index contributed by atoms with van der Waals surface area (Å²) in [6, 6.07) is 15.0. The lowest BCUT2D eigenvalue weighted by Gasteiger charge is -2.15. The fraction of sp³-hybridized carbons (Fsp3) is 0.111. The van der Waals surface area contributed by atoms with Crippen LogP contribution in [0.15, 0.2) is 54.6 Å². The highest BCUT2D eigenvalue weighted by Crippen LogP contribution is 2.36. The molecule has 0 spiro atoms. The number of alkyl halides is 1. The summed E-state index contributed by atoms with van der Waals surface area (Å²) < 4.78 is 28.0. The van der Waals surface area contributed by atoms with Crippen LogP contribution in [0, 0.1) is 18.6 Å². The van der Waals surface area contributed by atoms with Gasteiger partial charge in [-0.25, -0.2) is 8.78 Å². The molecular weight excluding hydrogens is 290 g/mol. The molecule has 0 aliphatic rings. The molecule has 3 rings (SSSR count). The first kappa shape index (κ1) is 14.0. The molecule has 0 aromatic heterocycles. The molecule has 0 saturated heterocycles. The Kier molecular flexibility index (Phi) is 3.64. The van der Waals surface area contributed by atoms with Crippen molar-refractivity contribution in [2.24, 2.45) is 0 Å². The third-order valence-electron chi connectivity index (χ3n) is 3.61. The maximum atomic E-state index is 14.1. The van der Waals surface area contributed by atoms with Gasteiger partial charge in [0.2, 0.25) is 0 Å². The van der Waals surface area contributed by atoms with Crippen molar-refractivity contribution in [3.05, 3.63) is 82.9 Å². The van der Waals surface area contributed by atoms with Crippen LogP contribution in [-0.4, -0.2) is 0 Å². The van der Waals surface area contributed by atoms with E-state index < -0.39 is 5.38 Å². The second kappa shape index (κ2) is 5.45. The number of halogens is 3. The summed E-state index contributed by atoms with van der Waals surface area (Å²) in [5.41, 5.74) is 1.94. The summed E-state index contributed by atoms with van der Waals surface area (Å²) in [5.74, 6) is -0.647. The van der Waals surface area contributed by atoms with Gasteiger partial charge in [-0.05, 0) is 35.6 Å². The fourth-order valence-corrected chi connectivity index (χ4v) is 2.88. The molecular formula is C18H13ClF2. The average molecular weight is 303 g/mol. The molecule has 0 nitrogen and oxygen atoms in total. The van der Waals surface area contributed by atoms with Gasteiger partial charge in [-0.15, -0.1) is 11.6 Å². The molecule has 3 aromatic carbocycles. The lowest BCUT2D eigenvalue weighted by molar-refractivity contribution is 0.611. The van der Waals surface area contributed by atoms with Gasteiger partial charge in [0.1, 0.15) is 11.6 Å². The molecule has 0 amide bonds. The molecule has 0 heterocycles. The zero-order valence-corrected chi connectivity index (χ0v) is 12.2. The van der Waals surface area contributed by atoms with E-state index >= 15 is 0 Å². The number of hydrogen-bond donors (Lipinski definition) is 0. The van der Waals surface area contributed by atoms with E-state index in [1.54, 1.807) is 30.3 Å². The van der Waals surface area contributed by atoms with Gasteiger partial charge in [-0.2, -0.15) is 0 Å². The Morgan fingerprint density at radius 2 is 1.48 bits per heavy atom. The van der Waals surface area contributed by atoms with E-state index in [9.17, 15) is 8.78 Å². The van der Waals surface area contributed by atoms with Crippen molar-refractivity contribution in [1.82, 2.24) is 0 Å². The van der Waals surface area contributed by atoms with Gasteiger partial charge in [0, 0.05) is 10.9 Å². The van der Waals surface area contributed by atoms with Crippen molar-refractivity contribution in [2.75, 3.05) is 0 Å². The SMILES string of the molecule is Cc1ccc(C(Cl)c2ccc(F)c3ccccc23)c(F)c1. The highest BCUT2D eigenvalue weighted by atomic mass is 35.5. The summed E-state index contributed by atoms with van der Waals surface area (Å²) in [7, 11) is 0. The molecule has 0 saturated carbocycles. The van der Waals surface area contributed by atoms with Crippen LogP contribution in [-0.2, 0) is 0 Å². The lowest BCUT2D eigenvalue weighted by Crippen LogP contribution is -1.99. The maximum absolute atomic E-state index is 14.1. The highest BCUT2D eigenvalue weighted by molar-refractivity contribution is 6.23. The van der Waals surface area contributed by atoms with E-state index in [1.807, 2.05) is 19.1 Å². The Bertz CT molecular complexity index is 811. The lowest BCUT2D eigenvalue weighted by atomic mass is 9.97. The Morgan fingerprint density at radius 1 is 0.810 bits per heavy atom. The molecule has 21 heavy (non-hydrogen) atoms. The first-order chi connectivity index (χ1) is 10.1. The van der Waals surface area contributed by atoms with Crippen molar-refractivity contribution in [3.63, 3.8) is 0 Å². The number of hydrogen-bond acceptors (Lipinski definition) is 0. The molecule has 0 radical (unpaired) electrons. The van der Waals surface area contributed by atoms with E-state index in [4.69, 9.17) is 11.6 Å². The smallest absolute Gasteiger partial charge is 0.131 e. The molecule has 3 heteroatoms. The molecule has 0 aliphatic heterocycles. The van der Waals surface area contributed by atoms with Gasteiger partial charge >= 0.3 is 0 Å². The zero-order valence-electron chi connectivity index (χ0n) is 11.4. The first-order valence-electron chi connectivity index (χ1n) is 6.65. The van der Waals surface area contributed by atoms with E-state index in [1.165, 1.54) is 12.1 Å². The van der Waals surface area contributed by atoms with Crippen LogP contribution in [0.2, 0.25) is 0 Å². The number of benzene rings is 3. The first-order valence-corrected chi connectivity index (χ1v) is 7.09. The van der Waals surface area contributed by atoms with Crippen molar-refractivity contribution < 1.29 is 8.78 Å². The van der Waals surface area contributed by atoms with E-state index in [0.29, 0.717) is 21.9 Å². The second-order valence-electron chi connectivity index (χ2n) is 5.07. The van der Waals surface area contributed by atoms with Gasteiger partial charge < -0.3 is 0 Å². The largest absolute Gasteiger partial charge is 0.207 e. The Balaban J connectivity index is 2.18. The molecule has 0 aliphatic carbocycles. The van der Waals surface area contributed by atoms with Gasteiger partial charge in [0.05, 0.1) is 5.38 Å². The van der Waals surface area contributed by atoms with Crippen molar-refractivity contribution in [1.29, 1.82) is 0 Å². The van der Waals surface area contributed by atoms with Crippen LogP contribution in [0.5, 0.6) is 0 Å². The zero-order chi connectivity index (χ0) is 15.0. The molecule has 3 aromatic rings. The minimum absolute atomic E-state index is 0.303. The van der Waals surface area contributed by atoms with Crippen LogP contribution in [0.4, 0.5) is 8.78 Å². The summed E-state index contributed by atoms with van der Waals surface area (Å²) in [6.45, 7) is 1.82. The third-order valence-corrected chi connectivity index (χ3v) is 4.08. The molecule has 0 fully saturated rings. The maximum Gasteiger partial charge on any atom is 0.131 e. The topological polar surface area (TPSA) is 0 Å². The van der Waals surface area contributed by atoms with Gasteiger partial charge in [0.25, 0.3) is 0 Å².